The second-order valence-electron chi connectivity index (χ2n) is 6.50. The van der Waals surface area contributed by atoms with E-state index < -0.39 is 0 Å². The lowest BCUT2D eigenvalue weighted by molar-refractivity contribution is 0.381. The van der Waals surface area contributed by atoms with Crippen LogP contribution < -0.4 is 11.1 Å². The number of anilines is 1. The van der Waals surface area contributed by atoms with Gasteiger partial charge in [0.15, 0.2) is 5.96 Å². The molecule has 4 rings (SSSR count). The third kappa shape index (κ3) is 4.67. The van der Waals surface area contributed by atoms with Crippen molar-refractivity contribution in [2.45, 2.75) is 32.2 Å². The van der Waals surface area contributed by atoms with E-state index in [2.05, 4.69) is 26.5 Å². The van der Waals surface area contributed by atoms with Crippen LogP contribution in [-0.2, 0) is 19.4 Å². The van der Waals surface area contributed by atoms with Crippen molar-refractivity contribution in [2.24, 2.45) is 10.7 Å². The number of rotatable bonds is 4. The Balaban J connectivity index is 0.00000225. The highest BCUT2D eigenvalue weighted by Crippen LogP contribution is 2.27. The first-order valence-corrected chi connectivity index (χ1v) is 8.95. The molecule has 0 spiro atoms. The van der Waals surface area contributed by atoms with Crippen LogP contribution in [0.2, 0.25) is 0 Å². The molecule has 1 heterocycles. The SMILES string of the molecule is I.NC(=NCc1nc(-c2cccc(F)c2)no1)Nc1cccc2c1CCCC2. The van der Waals surface area contributed by atoms with Crippen LogP contribution in [0.25, 0.3) is 11.4 Å². The van der Waals surface area contributed by atoms with Crippen molar-refractivity contribution in [1.29, 1.82) is 0 Å². The number of nitrogens with two attached hydrogens (primary N) is 1. The van der Waals surface area contributed by atoms with E-state index >= 15 is 0 Å². The van der Waals surface area contributed by atoms with Crippen molar-refractivity contribution in [3.05, 3.63) is 65.3 Å². The average molecular weight is 493 g/mol. The number of halogens is 2. The standard InChI is InChI=1S/C20H20FN5O.HI/c21-15-8-3-7-14(11-15)19-25-18(27-26-19)12-23-20(22)24-17-10-4-6-13-5-1-2-9-16(13)17;/h3-4,6-8,10-11H,1-2,5,9,12H2,(H3,22,23,24);1H. The van der Waals surface area contributed by atoms with Crippen molar-refractivity contribution >= 4 is 35.6 Å². The maximum atomic E-state index is 13.3. The lowest BCUT2D eigenvalue weighted by Gasteiger charge is -2.19. The minimum atomic E-state index is -0.350. The predicted molar refractivity (Wildman–Crippen MR) is 117 cm³/mol. The second-order valence-corrected chi connectivity index (χ2v) is 6.50. The zero-order valence-electron chi connectivity index (χ0n) is 15.2. The Labute approximate surface area is 179 Å². The number of fused-ring (bicyclic) bond motifs is 1. The predicted octanol–water partition coefficient (Wildman–Crippen LogP) is 4.30. The van der Waals surface area contributed by atoms with Gasteiger partial charge in [0.2, 0.25) is 11.7 Å². The van der Waals surface area contributed by atoms with E-state index in [4.69, 9.17) is 10.3 Å². The lowest BCUT2D eigenvalue weighted by Crippen LogP contribution is -2.24. The summed E-state index contributed by atoms with van der Waals surface area (Å²) in [6.45, 7) is 0.149. The van der Waals surface area contributed by atoms with Gasteiger partial charge in [0.05, 0.1) is 0 Å². The Bertz CT molecular complexity index is 988. The molecule has 8 heteroatoms. The lowest BCUT2D eigenvalue weighted by atomic mass is 9.90. The van der Waals surface area contributed by atoms with Gasteiger partial charge < -0.3 is 15.6 Å². The molecule has 0 aliphatic heterocycles. The van der Waals surface area contributed by atoms with Crippen molar-refractivity contribution < 1.29 is 8.91 Å². The van der Waals surface area contributed by atoms with Crippen LogP contribution in [0.5, 0.6) is 0 Å². The number of hydrogen-bond acceptors (Lipinski definition) is 4. The molecular weight excluding hydrogens is 472 g/mol. The topological polar surface area (TPSA) is 89.3 Å². The third-order valence-corrected chi connectivity index (χ3v) is 4.59. The van der Waals surface area contributed by atoms with Gasteiger partial charge in [-0.2, -0.15) is 4.98 Å². The second kappa shape index (κ2) is 9.13. The number of guanidine groups is 1. The molecule has 0 unspecified atom stereocenters. The molecule has 0 fully saturated rings. The molecule has 6 nitrogen and oxygen atoms in total. The van der Waals surface area contributed by atoms with Crippen LogP contribution in [0, 0.1) is 5.82 Å². The molecule has 0 bridgehead atoms. The summed E-state index contributed by atoms with van der Waals surface area (Å²) in [6.07, 6.45) is 4.57. The normalized spacial score (nSPS) is 13.5. The molecule has 3 N–H and O–H groups in total. The van der Waals surface area contributed by atoms with Gasteiger partial charge in [0.1, 0.15) is 12.4 Å². The molecule has 0 amide bonds. The summed E-state index contributed by atoms with van der Waals surface area (Å²) in [7, 11) is 0. The molecule has 1 aliphatic carbocycles. The molecule has 0 radical (unpaired) electrons. The summed E-state index contributed by atoms with van der Waals surface area (Å²) in [5.74, 6) is 0.577. The van der Waals surface area contributed by atoms with Gasteiger partial charge in [0.25, 0.3) is 0 Å². The smallest absolute Gasteiger partial charge is 0.248 e. The van der Waals surface area contributed by atoms with Crippen molar-refractivity contribution in [2.75, 3.05) is 5.32 Å². The van der Waals surface area contributed by atoms with Crippen LogP contribution >= 0.6 is 24.0 Å². The molecule has 146 valence electrons. The van der Waals surface area contributed by atoms with E-state index in [1.807, 2.05) is 12.1 Å². The zero-order chi connectivity index (χ0) is 18.6. The average Bonchev–Trinajstić information content (AvgIpc) is 3.16. The van der Waals surface area contributed by atoms with Crippen molar-refractivity contribution in [3.8, 4) is 11.4 Å². The summed E-state index contributed by atoms with van der Waals surface area (Å²) < 4.78 is 18.5. The molecule has 0 atom stereocenters. The minimum absolute atomic E-state index is 0. The van der Waals surface area contributed by atoms with E-state index in [-0.39, 0.29) is 36.3 Å². The fraction of sp³-hybridized carbons (Fsp3) is 0.250. The van der Waals surface area contributed by atoms with E-state index in [9.17, 15) is 4.39 Å². The number of aryl methyl sites for hydroxylation is 1. The first-order valence-electron chi connectivity index (χ1n) is 8.95. The van der Waals surface area contributed by atoms with Gasteiger partial charge in [-0.1, -0.05) is 29.4 Å². The molecule has 3 aromatic rings. The van der Waals surface area contributed by atoms with E-state index in [0.717, 1.165) is 18.5 Å². The molecular formula is C20H21FIN5O. The van der Waals surface area contributed by atoms with Gasteiger partial charge in [-0.3, -0.25) is 0 Å². The number of benzene rings is 2. The maximum Gasteiger partial charge on any atom is 0.248 e. The summed E-state index contributed by atoms with van der Waals surface area (Å²) in [6, 6.07) is 12.2. The number of hydrogen-bond donors (Lipinski definition) is 2. The molecule has 28 heavy (non-hydrogen) atoms. The highest BCUT2D eigenvalue weighted by molar-refractivity contribution is 14.0. The first-order chi connectivity index (χ1) is 13.2. The molecule has 0 saturated heterocycles. The highest BCUT2D eigenvalue weighted by atomic mass is 127. The summed E-state index contributed by atoms with van der Waals surface area (Å²) in [5.41, 5.74) is 10.3. The maximum absolute atomic E-state index is 13.3. The monoisotopic (exact) mass is 493 g/mol. The molecule has 2 aromatic carbocycles. The Morgan fingerprint density at radius 2 is 2.00 bits per heavy atom. The highest BCUT2D eigenvalue weighted by Gasteiger charge is 2.13. The van der Waals surface area contributed by atoms with Crippen molar-refractivity contribution in [1.82, 2.24) is 10.1 Å². The van der Waals surface area contributed by atoms with Gasteiger partial charge in [-0.25, -0.2) is 9.38 Å². The van der Waals surface area contributed by atoms with Gasteiger partial charge in [-0.15, -0.1) is 24.0 Å². The Kier molecular flexibility index (Phi) is 6.61. The Morgan fingerprint density at radius 3 is 2.86 bits per heavy atom. The van der Waals surface area contributed by atoms with Gasteiger partial charge >= 0.3 is 0 Å². The molecule has 1 aliphatic rings. The summed E-state index contributed by atoms with van der Waals surface area (Å²) in [4.78, 5) is 8.51. The van der Waals surface area contributed by atoms with Crippen LogP contribution in [-0.4, -0.2) is 16.1 Å². The fourth-order valence-electron chi connectivity index (χ4n) is 3.29. The Morgan fingerprint density at radius 1 is 1.18 bits per heavy atom. The fourth-order valence-corrected chi connectivity index (χ4v) is 3.29. The van der Waals surface area contributed by atoms with E-state index in [1.165, 1.54) is 36.1 Å². The molecule has 1 aromatic heterocycles. The Hall–Kier alpha value is -2.49. The quantitative estimate of drug-likeness (QED) is 0.322. The first kappa shape index (κ1) is 20.2. The van der Waals surface area contributed by atoms with E-state index in [1.54, 1.807) is 12.1 Å². The third-order valence-electron chi connectivity index (χ3n) is 4.59. The van der Waals surface area contributed by atoms with Crippen LogP contribution in [0.4, 0.5) is 10.1 Å². The molecule has 0 saturated carbocycles. The van der Waals surface area contributed by atoms with E-state index in [0.29, 0.717) is 23.2 Å². The van der Waals surface area contributed by atoms with Gasteiger partial charge in [-0.05, 0) is 55.0 Å². The van der Waals surface area contributed by atoms with Crippen LogP contribution in [0.1, 0.15) is 29.9 Å². The van der Waals surface area contributed by atoms with Gasteiger partial charge in [0, 0.05) is 11.3 Å². The summed E-state index contributed by atoms with van der Waals surface area (Å²) >= 11 is 0. The number of nitrogens with one attached hydrogen (secondary N) is 1. The zero-order valence-corrected chi connectivity index (χ0v) is 17.5. The number of aliphatic imine (C=N–C) groups is 1. The summed E-state index contributed by atoms with van der Waals surface area (Å²) in [5, 5.41) is 7.04. The van der Waals surface area contributed by atoms with Crippen molar-refractivity contribution in [3.63, 3.8) is 0 Å². The number of nitrogens with zero attached hydrogens (tertiary/aromatic N) is 3. The number of aromatic nitrogens is 2. The van der Waals surface area contributed by atoms with Crippen LogP contribution in [0.3, 0.4) is 0 Å². The van der Waals surface area contributed by atoms with Crippen LogP contribution in [0.15, 0.2) is 52.0 Å². The largest absolute Gasteiger partial charge is 0.370 e. The minimum Gasteiger partial charge on any atom is -0.370 e.